The first-order chi connectivity index (χ1) is 9.58. The van der Waals surface area contributed by atoms with Gasteiger partial charge >= 0.3 is 0 Å². The molecule has 0 spiro atoms. The van der Waals surface area contributed by atoms with Crippen LogP contribution in [0.5, 0.6) is 5.75 Å². The van der Waals surface area contributed by atoms with Crippen molar-refractivity contribution in [3.8, 4) is 17.2 Å². The lowest BCUT2D eigenvalue weighted by Gasteiger charge is -2.06. The summed E-state index contributed by atoms with van der Waals surface area (Å²) in [6, 6.07) is 8.63. The van der Waals surface area contributed by atoms with Crippen LogP contribution in [0.3, 0.4) is 0 Å². The lowest BCUT2D eigenvalue weighted by atomic mass is 10.2. The van der Waals surface area contributed by atoms with Crippen LogP contribution >= 0.6 is 34.8 Å². The molecule has 0 saturated carbocycles. The summed E-state index contributed by atoms with van der Waals surface area (Å²) in [7, 11) is 1.51. The number of benzene rings is 2. The van der Waals surface area contributed by atoms with Crippen molar-refractivity contribution in [3.63, 3.8) is 0 Å². The predicted molar refractivity (Wildman–Crippen MR) is 81.0 cm³/mol. The topological polar surface area (TPSA) is 35.3 Å². The summed E-state index contributed by atoms with van der Waals surface area (Å²) in [5.41, 5.74) is 2.00. The number of aromatic nitrogens is 1. The van der Waals surface area contributed by atoms with Crippen molar-refractivity contribution in [1.82, 2.24) is 4.98 Å². The molecular formula is C14H8Cl3NO2. The summed E-state index contributed by atoms with van der Waals surface area (Å²) in [5.74, 6) is 0.852. The van der Waals surface area contributed by atoms with E-state index in [0.29, 0.717) is 43.4 Å². The van der Waals surface area contributed by atoms with Crippen LogP contribution < -0.4 is 4.74 Å². The highest BCUT2D eigenvalue weighted by molar-refractivity contribution is 6.37. The zero-order chi connectivity index (χ0) is 14.3. The minimum Gasteiger partial charge on any atom is -0.494 e. The summed E-state index contributed by atoms with van der Waals surface area (Å²) in [6.07, 6.45) is 0. The zero-order valence-electron chi connectivity index (χ0n) is 10.3. The van der Waals surface area contributed by atoms with Gasteiger partial charge in [0.15, 0.2) is 11.3 Å². The van der Waals surface area contributed by atoms with Gasteiger partial charge in [0, 0.05) is 10.6 Å². The van der Waals surface area contributed by atoms with E-state index in [4.69, 9.17) is 44.0 Å². The van der Waals surface area contributed by atoms with E-state index in [9.17, 15) is 0 Å². The monoisotopic (exact) mass is 327 g/mol. The first-order valence-corrected chi connectivity index (χ1v) is 6.81. The summed E-state index contributed by atoms with van der Waals surface area (Å²) < 4.78 is 10.8. The second kappa shape index (κ2) is 5.17. The van der Waals surface area contributed by atoms with E-state index in [1.807, 2.05) is 0 Å². The quantitative estimate of drug-likeness (QED) is 0.626. The Kier molecular flexibility index (Phi) is 3.50. The van der Waals surface area contributed by atoms with Gasteiger partial charge in [-0.2, -0.15) is 0 Å². The highest BCUT2D eigenvalue weighted by atomic mass is 35.5. The zero-order valence-corrected chi connectivity index (χ0v) is 12.6. The SMILES string of the molecule is COc1c(Cl)cc(-c2nc3cc(Cl)ccc3o2)cc1Cl. The van der Waals surface area contributed by atoms with Crippen LogP contribution in [0, 0.1) is 0 Å². The molecule has 0 fully saturated rings. The van der Waals surface area contributed by atoms with Crippen LogP contribution in [0.15, 0.2) is 34.7 Å². The maximum Gasteiger partial charge on any atom is 0.227 e. The Morgan fingerprint density at radius 1 is 1.05 bits per heavy atom. The van der Waals surface area contributed by atoms with Gasteiger partial charge in [0.25, 0.3) is 0 Å². The molecule has 0 atom stereocenters. The molecule has 0 unspecified atom stereocenters. The standard InChI is InChI=1S/C14H8Cl3NO2/c1-19-13-9(16)4-7(5-10(13)17)14-18-11-6-8(15)2-3-12(11)20-14/h2-6H,1H3. The molecule has 3 aromatic rings. The van der Waals surface area contributed by atoms with E-state index in [0.717, 1.165) is 0 Å². The first kappa shape index (κ1) is 13.6. The number of hydrogen-bond donors (Lipinski definition) is 0. The smallest absolute Gasteiger partial charge is 0.227 e. The molecule has 0 amide bonds. The van der Waals surface area contributed by atoms with E-state index < -0.39 is 0 Å². The summed E-state index contributed by atoms with van der Waals surface area (Å²) in [6.45, 7) is 0. The third-order valence-electron chi connectivity index (χ3n) is 2.80. The van der Waals surface area contributed by atoms with Crippen molar-refractivity contribution >= 4 is 45.9 Å². The number of fused-ring (bicyclic) bond motifs is 1. The van der Waals surface area contributed by atoms with Crippen LogP contribution in [0.4, 0.5) is 0 Å². The van der Waals surface area contributed by atoms with Crippen LogP contribution in [0.25, 0.3) is 22.6 Å². The molecule has 20 heavy (non-hydrogen) atoms. The molecule has 0 aliphatic heterocycles. The van der Waals surface area contributed by atoms with Crippen LogP contribution in [0.2, 0.25) is 15.1 Å². The Balaban J connectivity index is 2.15. The number of methoxy groups -OCH3 is 1. The Hall–Kier alpha value is -1.42. The van der Waals surface area contributed by atoms with Gasteiger partial charge in [-0.1, -0.05) is 34.8 Å². The second-order valence-electron chi connectivity index (χ2n) is 4.10. The Morgan fingerprint density at radius 3 is 2.40 bits per heavy atom. The molecule has 6 heteroatoms. The molecule has 0 saturated heterocycles. The molecule has 3 rings (SSSR count). The fourth-order valence-electron chi connectivity index (χ4n) is 1.90. The number of nitrogens with zero attached hydrogens (tertiary/aromatic N) is 1. The summed E-state index contributed by atoms with van der Waals surface area (Å²) >= 11 is 18.1. The Morgan fingerprint density at radius 2 is 1.75 bits per heavy atom. The lowest BCUT2D eigenvalue weighted by Crippen LogP contribution is -1.87. The molecule has 0 radical (unpaired) electrons. The highest BCUT2D eigenvalue weighted by Crippen LogP contribution is 2.37. The van der Waals surface area contributed by atoms with Crippen molar-refractivity contribution < 1.29 is 9.15 Å². The molecule has 1 heterocycles. The average Bonchev–Trinajstić information content (AvgIpc) is 2.81. The number of hydrogen-bond acceptors (Lipinski definition) is 3. The van der Waals surface area contributed by atoms with Crippen LogP contribution in [0.1, 0.15) is 0 Å². The molecule has 102 valence electrons. The molecule has 2 aromatic carbocycles. The van der Waals surface area contributed by atoms with Crippen LogP contribution in [-0.2, 0) is 0 Å². The van der Waals surface area contributed by atoms with Gasteiger partial charge < -0.3 is 9.15 Å². The van der Waals surface area contributed by atoms with E-state index in [1.165, 1.54) is 7.11 Å². The van der Waals surface area contributed by atoms with E-state index in [1.54, 1.807) is 30.3 Å². The molecular weight excluding hydrogens is 321 g/mol. The molecule has 0 aliphatic rings. The number of halogens is 3. The number of ether oxygens (including phenoxy) is 1. The van der Waals surface area contributed by atoms with Gasteiger partial charge in [0.2, 0.25) is 5.89 Å². The highest BCUT2D eigenvalue weighted by Gasteiger charge is 2.14. The lowest BCUT2D eigenvalue weighted by molar-refractivity contribution is 0.415. The Bertz CT molecular complexity index is 775. The normalized spacial score (nSPS) is 11.0. The van der Waals surface area contributed by atoms with Crippen molar-refractivity contribution in [2.45, 2.75) is 0 Å². The molecule has 0 N–H and O–H groups in total. The van der Waals surface area contributed by atoms with Gasteiger partial charge in [-0.15, -0.1) is 0 Å². The van der Waals surface area contributed by atoms with E-state index >= 15 is 0 Å². The fourth-order valence-corrected chi connectivity index (χ4v) is 2.71. The van der Waals surface area contributed by atoms with Crippen molar-refractivity contribution in [2.75, 3.05) is 7.11 Å². The molecule has 1 aromatic heterocycles. The predicted octanol–water partition coefficient (Wildman–Crippen LogP) is 5.46. The van der Waals surface area contributed by atoms with Crippen molar-refractivity contribution in [1.29, 1.82) is 0 Å². The van der Waals surface area contributed by atoms with Crippen molar-refractivity contribution in [3.05, 3.63) is 45.4 Å². The van der Waals surface area contributed by atoms with E-state index in [2.05, 4.69) is 4.98 Å². The molecule has 0 bridgehead atoms. The van der Waals surface area contributed by atoms with Gasteiger partial charge in [0.05, 0.1) is 17.2 Å². The minimum atomic E-state index is 0.398. The number of rotatable bonds is 2. The summed E-state index contributed by atoms with van der Waals surface area (Å²) in [4.78, 5) is 4.37. The minimum absolute atomic E-state index is 0.398. The fraction of sp³-hybridized carbons (Fsp3) is 0.0714. The van der Waals surface area contributed by atoms with Crippen LogP contribution in [-0.4, -0.2) is 12.1 Å². The van der Waals surface area contributed by atoms with Gasteiger partial charge in [-0.3, -0.25) is 0 Å². The molecule has 3 nitrogen and oxygen atoms in total. The summed E-state index contributed by atoms with van der Waals surface area (Å²) in [5, 5.41) is 1.40. The largest absolute Gasteiger partial charge is 0.494 e. The van der Waals surface area contributed by atoms with E-state index in [-0.39, 0.29) is 0 Å². The average molecular weight is 329 g/mol. The molecule has 0 aliphatic carbocycles. The third-order valence-corrected chi connectivity index (χ3v) is 3.60. The second-order valence-corrected chi connectivity index (χ2v) is 5.36. The van der Waals surface area contributed by atoms with Gasteiger partial charge in [-0.25, -0.2) is 4.98 Å². The van der Waals surface area contributed by atoms with Gasteiger partial charge in [0.1, 0.15) is 5.52 Å². The maximum absolute atomic E-state index is 6.11. The van der Waals surface area contributed by atoms with Crippen molar-refractivity contribution in [2.24, 2.45) is 0 Å². The maximum atomic E-state index is 6.11. The Labute approximate surface area is 130 Å². The first-order valence-electron chi connectivity index (χ1n) is 5.68. The van der Waals surface area contributed by atoms with Gasteiger partial charge in [-0.05, 0) is 30.3 Å². The number of oxazole rings is 1. The third kappa shape index (κ3) is 2.33.